The first-order valence-corrected chi connectivity index (χ1v) is 6.17. The first-order chi connectivity index (χ1) is 8.66. The SMILES string of the molecule is CC1Cc2cc(C(=O)O)[nH]c2C1c1ccccc1. The van der Waals surface area contributed by atoms with E-state index in [-0.39, 0.29) is 5.92 Å². The Morgan fingerprint density at radius 3 is 2.72 bits per heavy atom. The molecule has 0 spiro atoms. The van der Waals surface area contributed by atoms with Gasteiger partial charge in [-0.3, -0.25) is 0 Å². The van der Waals surface area contributed by atoms with E-state index in [0.29, 0.717) is 11.6 Å². The summed E-state index contributed by atoms with van der Waals surface area (Å²) in [6, 6.07) is 12.1. The summed E-state index contributed by atoms with van der Waals surface area (Å²) >= 11 is 0. The molecule has 0 saturated carbocycles. The number of hydrogen-bond donors (Lipinski definition) is 2. The van der Waals surface area contributed by atoms with Gasteiger partial charge in [0.15, 0.2) is 0 Å². The molecule has 2 unspecified atom stereocenters. The van der Waals surface area contributed by atoms with Crippen molar-refractivity contribution in [3.63, 3.8) is 0 Å². The number of carbonyl (C=O) groups is 1. The highest BCUT2D eigenvalue weighted by Crippen LogP contribution is 2.41. The van der Waals surface area contributed by atoms with Gasteiger partial charge >= 0.3 is 5.97 Å². The van der Waals surface area contributed by atoms with Crippen LogP contribution < -0.4 is 0 Å². The highest BCUT2D eigenvalue weighted by molar-refractivity contribution is 5.86. The number of aromatic carboxylic acids is 1. The molecule has 0 bridgehead atoms. The molecule has 2 atom stereocenters. The lowest BCUT2D eigenvalue weighted by Gasteiger charge is -2.16. The predicted octanol–water partition coefficient (Wildman–Crippen LogP) is 3.04. The molecule has 0 radical (unpaired) electrons. The molecule has 18 heavy (non-hydrogen) atoms. The average Bonchev–Trinajstić information content (AvgIpc) is 2.86. The average molecular weight is 241 g/mol. The van der Waals surface area contributed by atoms with Crippen LogP contribution in [0.4, 0.5) is 0 Å². The second-order valence-corrected chi connectivity index (χ2v) is 5.00. The van der Waals surface area contributed by atoms with Gasteiger partial charge in [0.25, 0.3) is 0 Å². The largest absolute Gasteiger partial charge is 0.477 e. The van der Waals surface area contributed by atoms with Gasteiger partial charge in [0.05, 0.1) is 0 Å². The van der Waals surface area contributed by atoms with E-state index >= 15 is 0 Å². The van der Waals surface area contributed by atoms with Crippen molar-refractivity contribution in [3.8, 4) is 0 Å². The monoisotopic (exact) mass is 241 g/mol. The van der Waals surface area contributed by atoms with E-state index < -0.39 is 5.97 Å². The number of fused-ring (bicyclic) bond motifs is 1. The molecule has 0 amide bonds. The maximum absolute atomic E-state index is 11.0. The molecule has 3 rings (SSSR count). The highest BCUT2D eigenvalue weighted by Gasteiger charge is 2.33. The number of aromatic nitrogens is 1. The van der Waals surface area contributed by atoms with Gasteiger partial charge in [-0.2, -0.15) is 0 Å². The molecule has 1 aliphatic carbocycles. The number of carboxylic acids is 1. The molecule has 2 N–H and O–H groups in total. The van der Waals surface area contributed by atoms with Gasteiger partial charge < -0.3 is 10.1 Å². The van der Waals surface area contributed by atoms with Crippen molar-refractivity contribution in [1.82, 2.24) is 4.98 Å². The van der Waals surface area contributed by atoms with Crippen molar-refractivity contribution < 1.29 is 9.90 Å². The minimum absolute atomic E-state index is 0.286. The second-order valence-electron chi connectivity index (χ2n) is 5.00. The summed E-state index contributed by atoms with van der Waals surface area (Å²) in [5.74, 6) is -0.0883. The van der Waals surface area contributed by atoms with E-state index in [2.05, 4.69) is 24.0 Å². The molecule has 1 aliphatic rings. The Morgan fingerprint density at radius 1 is 1.33 bits per heavy atom. The van der Waals surface area contributed by atoms with E-state index in [4.69, 9.17) is 5.11 Å². The van der Waals surface area contributed by atoms with Gasteiger partial charge in [0.2, 0.25) is 0 Å². The van der Waals surface area contributed by atoms with Gasteiger partial charge in [0, 0.05) is 11.6 Å². The number of benzene rings is 1. The molecule has 1 aromatic carbocycles. The van der Waals surface area contributed by atoms with E-state index in [1.807, 2.05) is 18.2 Å². The maximum Gasteiger partial charge on any atom is 0.352 e. The van der Waals surface area contributed by atoms with Crippen LogP contribution in [0, 0.1) is 5.92 Å². The van der Waals surface area contributed by atoms with Crippen LogP contribution in [0.2, 0.25) is 0 Å². The topological polar surface area (TPSA) is 53.1 Å². The Labute approximate surface area is 105 Å². The third-order valence-electron chi connectivity index (χ3n) is 3.74. The molecule has 0 saturated heterocycles. The predicted molar refractivity (Wildman–Crippen MR) is 68.9 cm³/mol. The summed E-state index contributed by atoms with van der Waals surface area (Å²) in [6.07, 6.45) is 0.943. The van der Waals surface area contributed by atoms with Gasteiger partial charge in [-0.15, -0.1) is 0 Å². The molecule has 92 valence electrons. The quantitative estimate of drug-likeness (QED) is 0.849. The summed E-state index contributed by atoms with van der Waals surface area (Å²) in [6.45, 7) is 2.21. The molecular formula is C15H15NO2. The second kappa shape index (κ2) is 4.02. The third-order valence-corrected chi connectivity index (χ3v) is 3.74. The number of nitrogens with one attached hydrogen (secondary N) is 1. The zero-order valence-electron chi connectivity index (χ0n) is 10.2. The van der Waals surface area contributed by atoms with Crippen molar-refractivity contribution in [1.29, 1.82) is 0 Å². The van der Waals surface area contributed by atoms with Crippen molar-refractivity contribution in [2.75, 3.05) is 0 Å². The van der Waals surface area contributed by atoms with E-state index in [0.717, 1.165) is 17.7 Å². The van der Waals surface area contributed by atoms with Crippen molar-refractivity contribution >= 4 is 5.97 Å². The first kappa shape index (κ1) is 11.1. The Hall–Kier alpha value is -2.03. The van der Waals surface area contributed by atoms with Gasteiger partial charge in [-0.05, 0) is 29.5 Å². The summed E-state index contributed by atoms with van der Waals surface area (Å²) in [7, 11) is 0. The third kappa shape index (κ3) is 1.63. The molecule has 1 heterocycles. The lowest BCUT2D eigenvalue weighted by molar-refractivity contribution is 0.0691. The summed E-state index contributed by atoms with van der Waals surface area (Å²) < 4.78 is 0. The van der Waals surface area contributed by atoms with Crippen molar-refractivity contribution in [2.24, 2.45) is 5.92 Å². The zero-order chi connectivity index (χ0) is 12.7. The van der Waals surface area contributed by atoms with Crippen LogP contribution in [0.3, 0.4) is 0 Å². The van der Waals surface area contributed by atoms with Crippen LogP contribution in [-0.2, 0) is 6.42 Å². The maximum atomic E-state index is 11.0. The van der Waals surface area contributed by atoms with Crippen LogP contribution in [0.5, 0.6) is 0 Å². The number of carboxylic acid groups (broad SMARTS) is 1. The Kier molecular flexibility index (Phi) is 2.47. The lowest BCUT2D eigenvalue weighted by atomic mass is 9.89. The molecule has 3 nitrogen and oxygen atoms in total. The van der Waals surface area contributed by atoms with Crippen LogP contribution in [-0.4, -0.2) is 16.1 Å². The molecule has 0 fully saturated rings. The standard InChI is InChI=1S/C15H15NO2/c1-9-7-11-8-12(15(17)18)16-14(11)13(9)10-5-3-2-4-6-10/h2-6,8-9,13,16H,7H2,1H3,(H,17,18). The number of H-pyrrole nitrogens is 1. The fraction of sp³-hybridized carbons (Fsp3) is 0.267. The van der Waals surface area contributed by atoms with E-state index in [1.165, 1.54) is 5.56 Å². The minimum atomic E-state index is -0.885. The number of hydrogen-bond acceptors (Lipinski definition) is 1. The zero-order valence-corrected chi connectivity index (χ0v) is 10.2. The van der Waals surface area contributed by atoms with Crippen molar-refractivity contribution in [3.05, 3.63) is 58.9 Å². The summed E-state index contributed by atoms with van der Waals surface area (Å²) in [5.41, 5.74) is 3.77. The smallest absolute Gasteiger partial charge is 0.352 e. The van der Waals surface area contributed by atoms with Gasteiger partial charge in [-0.25, -0.2) is 4.79 Å². The fourth-order valence-electron chi connectivity index (χ4n) is 2.98. The summed E-state index contributed by atoms with van der Waals surface area (Å²) in [4.78, 5) is 14.1. The fourth-order valence-corrected chi connectivity index (χ4v) is 2.98. The van der Waals surface area contributed by atoms with Crippen LogP contribution in [0.15, 0.2) is 36.4 Å². The molecule has 2 aromatic rings. The van der Waals surface area contributed by atoms with Crippen LogP contribution in [0.1, 0.15) is 40.2 Å². The minimum Gasteiger partial charge on any atom is -0.477 e. The highest BCUT2D eigenvalue weighted by atomic mass is 16.4. The lowest BCUT2D eigenvalue weighted by Crippen LogP contribution is -2.08. The molecule has 1 aromatic heterocycles. The first-order valence-electron chi connectivity index (χ1n) is 6.17. The Bertz CT molecular complexity index is 586. The van der Waals surface area contributed by atoms with Gasteiger partial charge in [-0.1, -0.05) is 37.3 Å². The molecule has 0 aliphatic heterocycles. The summed E-state index contributed by atoms with van der Waals surface area (Å²) in [5, 5.41) is 9.03. The molecular weight excluding hydrogens is 226 g/mol. The number of rotatable bonds is 2. The van der Waals surface area contributed by atoms with Gasteiger partial charge in [0.1, 0.15) is 5.69 Å². The Morgan fingerprint density at radius 2 is 2.06 bits per heavy atom. The number of aromatic amines is 1. The van der Waals surface area contributed by atoms with Crippen molar-refractivity contribution in [2.45, 2.75) is 19.3 Å². The van der Waals surface area contributed by atoms with Crippen LogP contribution in [0.25, 0.3) is 0 Å². The Balaban J connectivity index is 2.05. The van der Waals surface area contributed by atoms with E-state index in [9.17, 15) is 4.79 Å². The van der Waals surface area contributed by atoms with E-state index in [1.54, 1.807) is 6.07 Å². The van der Waals surface area contributed by atoms with Crippen LogP contribution >= 0.6 is 0 Å². The molecule has 3 heteroatoms. The normalized spacial score (nSPS) is 21.8.